The maximum Gasteiger partial charge on any atom is 0.241 e. The molecule has 0 saturated heterocycles. The van der Waals surface area contributed by atoms with Crippen molar-refractivity contribution in [2.45, 2.75) is 19.4 Å². The predicted octanol–water partition coefficient (Wildman–Crippen LogP) is 2.08. The summed E-state index contributed by atoms with van der Waals surface area (Å²) in [6, 6.07) is 1.30. The standard InChI is InChI=1S/C8H11ClN2OS/c1-2-5(10)8(12)11-6-3-4-13-7(6)9/h3-5H,2,10H2,1H3,(H,11,12). The van der Waals surface area contributed by atoms with E-state index < -0.39 is 6.04 Å². The molecule has 0 fully saturated rings. The van der Waals surface area contributed by atoms with Crippen LogP contribution in [0.5, 0.6) is 0 Å². The number of hydrogen-bond donors (Lipinski definition) is 2. The van der Waals surface area contributed by atoms with Crippen LogP contribution in [0.3, 0.4) is 0 Å². The summed E-state index contributed by atoms with van der Waals surface area (Å²) < 4.78 is 0.580. The van der Waals surface area contributed by atoms with Crippen LogP contribution in [-0.2, 0) is 4.79 Å². The second kappa shape index (κ2) is 4.60. The van der Waals surface area contributed by atoms with Gasteiger partial charge in [0.1, 0.15) is 4.34 Å². The molecule has 0 radical (unpaired) electrons. The molecule has 72 valence electrons. The molecule has 13 heavy (non-hydrogen) atoms. The van der Waals surface area contributed by atoms with Crippen molar-refractivity contribution in [3.63, 3.8) is 0 Å². The summed E-state index contributed by atoms with van der Waals surface area (Å²) in [6.45, 7) is 1.86. The Bertz CT molecular complexity index is 300. The van der Waals surface area contributed by atoms with Crippen molar-refractivity contribution in [3.8, 4) is 0 Å². The second-order valence-corrected chi connectivity index (χ2v) is 4.13. The van der Waals surface area contributed by atoms with Crippen LogP contribution in [0.2, 0.25) is 4.34 Å². The van der Waals surface area contributed by atoms with Gasteiger partial charge in [0.25, 0.3) is 0 Å². The molecule has 0 aromatic carbocycles. The molecule has 1 atom stereocenters. The van der Waals surface area contributed by atoms with E-state index in [1.807, 2.05) is 12.3 Å². The molecule has 0 saturated carbocycles. The number of hydrogen-bond acceptors (Lipinski definition) is 3. The minimum absolute atomic E-state index is 0.192. The third kappa shape index (κ3) is 2.69. The van der Waals surface area contributed by atoms with E-state index in [0.29, 0.717) is 16.4 Å². The summed E-state index contributed by atoms with van der Waals surface area (Å²) in [7, 11) is 0. The minimum Gasteiger partial charge on any atom is -0.323 e. The van der Waals surface area contributed by atoms with E-state index >= 15 is 0 Å². The molecule has 5 heteroatoms. The van der Waals surface area contributed by atoms with Crippen molar-refractivity contribution in [2.75, 3.05) is 5.32 Å². The number of nitrogens with two attached hydrogens (primary N) is 1. The molecule has 1 aromatic rings. The van der Waals surface area contributed by atoms with E-state index in [-0.39, 0.29) is 5.91 Å². The van der Waals surface area contributed by atoms with Gasteiger partial charge in [0.2, 0.25) is 5.91 Å². The lowest BCUT2D eigenvalue weighted by Gasteiger charge is -2.08. The van der Waals surface area contributed by atoms with Crippen LogP contribution in [0.1, 0.15) is 13.3 Å². The third-order valence-corrected chi connectivity index (χ3v) is 2.82. The first-order valence-corrected chi connectivity index (χ1v) is 5.20. The van der Waals surface area contributed by atoms with Gasteiger partial charge in [-0.2, -0.15) is 0 Å². The summed E-state index contributed by atoms with van der Waals surface area (Å²) in [6.07, 6.45) is 0.619. The number of thiophene rings is 1. The summed E-state index contributed by atoms with van der Waals surface area (Å²) in [4.78, 5) is 11.3. The lowest BCUT2D eigenvalue weighted by Crippen LogP contribution is -2.34. The molecule has 0 spiro atoms. The van der Waals surface area contributed by atoms with E-state index in [1.165, 1.54) is 11.3 Å². The smallest absolute Gasteiger partial charge is 0.241 e. The average molecular weight is 219 g/mol. The molecule has 1 unspecified atom stereocenters. The molecule has 0 aliphatic rings. The van der Waals surface area contributed by atoms with Crippen LogP contribution in [0, 0.1) is 0 Å². The van der Waals surface area contributed by atoms with Gasteiger partial charge in [0, 0.05) is 0 Å². The lowest BCUT2D eigenvalue weighted by molar-refractivity contribution is -0.117. The van der Waals surface area contributed by atoms with Gasteiger partial charge in [-0.3, -0.25) is 4.79 Å². The van der Waals surface area contributed by atoms with Crippen LogP contribution >= 0.6 is 22.9 Å². The van der Waals surface area contributed by atoms with Crippen LogP contribution < -0.4 is 11.1 Å². The number of nitrogens with one attached hydrogen (secondary N) is 1. The van der Waals surface area contributed by atoms with Crippen molar-refractivity contribution >= 4 is 34.5 Å². The zero-order valence-electron chi connectivity index (χ0n) is 7.21. The molecular formula is C8H11ClN2OS. The molecule has 0 aliphatic carbocycles. The highest BCUT2D eigenvalue weighted by molar-refractivity contribution is 7.15. The highest BCUT2D eigenvalue weighted by Gasteiger charge is 2.12. The summed E-state index contributed by atoms with van der Waals surface area (Å²) in [5.74, 6) is -0.192. The molecule has 1 heterocycles. The molecule has 3 N–H and O–H groups in total. The predicted molar refractivity (Wildman–Crippen MR) is 56.2 cm³/mol. The quantitative estimate of drug-likeness (QED) is 0.816. The molecule has 3 nitrogen and oxygen atoms in total. The van der Waals surface area contributed by atoms with Crippen molar-refractivity contribution in [1.82, 2.24) is 0 Å². The van der Waals surface area contributed by atoms with E-state index in [9.17, 15) is 4.79 Å². The van der Waals surface area contributed by atoms with Gasteiger partial charge in [-0.05, 0) is 17.9 Å². The van der Waals surface area contributed by atoms with E-state index in [4.69, 9.17) is 17.3 Å². The fraction of sp³-hybridized carbons (Fsp3) is 0.375. The summed E-state index contributed by atoms with van der Waals surface area (Å²) in [5, 5.41) is 4.47. The van der Waals surface area contributed by atoms with Crippen LogP contribution in [0.15, 0.2) is 11.4 Å². The van der Waals surface area contributed by atoms with Gasteiger partial charge in [0.15, 0.2) is 0 Å². The Labute approximate surface area is 85.9 Å². The van der Waals surface area contributed by atoms with Gasteiger partial charge in [0.05, 0.1) is 11.7 Å². The number of carbonyl (C=O) groups is 1. The Hall–Kier alpha value is -0.580. The summed E-state index contributed by atoms with van der Waals surface area (Å²) in [5.41, 5.74) is 6.17. The SMILES string of the molecule is CCC(N)C(=O)Nc1ccsc1Cl. The van der Waals surface area contributed by atoms with E-state index in [2.05, 4.69) is 5.32 Å². The number of anilines is 1. The molecular weight excluding hydrogens is 208 g/mol. The molecule has 1 amide bonds. The third-order valence-electron chi connectivity index (χ3n) is 1.65. The first-order valence-electron chi connectivity index (χ1n) is 3.94. The maximum atomic E-state index is 11.3. The Morgan fingerprint density at radius 3 is 3.00 bits per heavy atom. The number of amides is 1. The zero-order chi connectivity index (χ0) is 9.84. The second-order valence-electron chi connectivity index (χ2n) is 2.61. The largest absolute Gasteiger partial charge is 0.323 e. The normalized spacial score (nSPS) is 12.5. The van der Waals surface area contributed by atoms with Gasteiger partial charge in [-0.15, -0.1) is 11.3 Å². The topological polar surface area (TPSA) is 55.1 Å². The van der Waals surface area contributed by atoms with Gasteiger partial charge >= 0.3 is 0 Å². The van der Waals surface area contributed by atoms with Crippen molar-refractivity contribution in [3.05, 3.63) is 15.8 Å². The zero-order valence-corrected chi connectivity index (χ0v) is 8.78. The molecule has 1 aromatic heterocycles. The fourth-order valence-corrected chi connectivity index (χ4v) is 1.63. The van der Waals surface area contributed by atoms with E-state index in [1.54, 1.807) is 6.07 Å². The monoisotopic (exact) mass is 218 g/mol. The number of halogens is 1. The highest BCUT2D eigenvalue weighted by atomic mass is 35.5. The fourth-order valence-electron chi connectivity index (χ4n) is 0.792. The molecule has 0 bridgehead atoms. The van der Waals surface area contributed by atoms with Crippen LogP contribution in [-0.4, -0.2) is 11.9 Å². The van der Waals surface area contributed by atoms with Gasteiger partial charge < -0.3 is 11.1 Å². The lowest BCUT2D eigenvalue weighted by atomic mass is 10.2. The highest BCUT2D eigenvalue weighted by Crippen LogP contribution is 2.27. The first-order chi connectivity index (χ1) is 6.15. The minimum atomic E-state index is -0.462. The summed E-state index contributed by atoms with van der Waals surface area (Å²) >= 11 is 7.17. The van der Waals surface area contributed by atoms with E-state index in [0.717, 1.165) is 0 Å². The van der Waals surface area contributed by atoms with Gasteiger partial charge in [-0.25, -0.2) is 0 Å². The first kappa shape index (κ1) is 10.5. The average Bonchev–Trinajstić information content (AvgIpc) is 2.50. The van der Waals surface area contributed by atoms with Crippen LogP contribution in [0.25, 0.3) is 0 Å². The van der Waals surface area contributed by atoms with Crippen molar-refractivity contribution in [1.29, 1.82) is 0 Å². The Morgan fingerprint density at radius 2 is 2.54 bits per heavy atom. The number of carbonyl (C=O) groups excluding carboxylic acids is 1. The van der Waals surface area contributed by atoms with Crippen molar-refractivity contribution < 1.29 is 4.79 Å². The van der Waals surface area contributed by atoms with Crippen LogP contribution in [0.4, 0.5) is 5.69 Å². The Morgan fingerprint density at radius 1 is 1.85 bits per heavy atom. The molecule has 0 aliphatic heterocycles. The Kier molecular flexibility index (Phi) is 3.71. The number of rotatable bonds is 3. The maximum absolute atomic E-state index is 11.3. The van der Waals surface area contributed by atoms with Crippen molar-refractivity contribution in [2.24, 2.45) is 5.73 Å². The van der Waals surface area contributed by atoms with Gasteiger partial charge in [-0.1, -0.05) is 18.5 Å². The molecule has 1 rings (SSSR count). The Balaban J connectivity index is 2.60.